The summed E-state index contributed by atoms with van der Waals surface area (Å²) in [6, 6.07) is 0. The maximum Gasteiger partial charge on any atom is 0.333 e. The van der Waals surface area contributed by atoms with Crippen molar-refractivity contribution in [1.82, 2.24) is 0 Å². The van der Waals surface area contributed by atoms with Gasteiger partial charge in [0.05, 0.1) is 48.5 Å². The highest BCUT2D eigenvalue weighted by Gasteiger charge is 2.58. The van der Waals surface area contributed by atoms with Gasteiger partial charge in [-0.25, -0.2) is 4.79 Å². The molecule has 0 aromatic rings. The quantitative estimate of drug-likeness (QED) is 0.0701. The van der Waals surface area contributed by atoms with E-state index in [0.717, 1.165) is 51.4 Å². The molecule has 0 radical (unpaired) electrons. The lowest BCUT2D eigenvalue weighted by Crippen LogP contribution is -2.68. The number of carbonyl (C=O) groups is 4. The Morgan fingerprint density at radius 1 is 0.608 bits per heavy atom. The van der Waals surface area contributed by atoms with Gasteiger partial charge in [-0.3, -0.25) is 14.4 Å². The number of aliphatic hydroxyl groups is 8. The summed E-state index contributed by atoms with van der Waals surface area (Å²) in [4.78, 5) is 53.9. The van der Waals surface area contributed by atoms with Gasteiger partial charge >= 0.3 is 23.9 Å². The fourth-order valence-corrected chi connectivity index (χ4v) is 9.91. The van der Waals surface area contributed by atoms with Crippen LogP contribution in [0.4, 0.5) is 0 Å². The minimum atomic E-state index is -2.05. The first-order chi connectivity index (χ1) is 37.4. The van der Waals surface area contributed by atoms with E-state index >= 15 is 0 Å². The summed E-state index contributed by atoms with van der Waals surface area (Å²) in [6.45, 7) is 14.5. The molecule has 5 rings (SSSR count). The van der Waals surface area contributed by atoms with Gasteiger partial charge < -0.3 is 97.7 Å². The van der Waals surface area contributed by atoms with Crippen LogP contribution in [0, 0.1) is 11.8 Å². The Bertz CT molecular complexity index is 1920. The molecule has 5 saturated heterocycles. The molecular formula is C55H92O24. The van der Waals surface area contributed by atoms with E-state index in [1.807, 2.05) is 6.92 Å². The molecule has 0 saturated carbocycles. The summed E-state index contributed by atoms with van der Waals surface area (Å²) in [5, 5.41) is 90.0. The van der Waals surface area contributed by atoms with Crippen molar-refractivity contribution in [2.45, 2.75) is 294 Å². The first kappa shape index (κ1) is 66.8. The van der Waals surface area contributed by atoms with E-state index in [9.17, 15) is 60.0 Å². The molecule has 5 aliphatic rings. The lowest BCUT2D eigenvalue weighted by Gasteiger charge is -2.50. The number of carbonyl (C=O) groups excluding carboxylic acids is 4. The average Bonchev–Trinajstić information content (AvgIpc) is 3.48. The number of hydrogen-bond donors (Lipinski definition) is 8. The van der Waals surface area contributed by atoms with Gasteiger partial charge in [0.15, 0.2) is 43.5 Å². The minimum absolute atomic E-state index is 0.0830. The van der Waals surface area contributed by atoms with E-state index in [-0.39, 0.29) is 18.1 Å². The molecule has 0 spiro atoms. The topological polar surface area (TPSA) is 341 Å². The third-order valence-corrected chi connectivity index (χ3v) is 15.8. The van der Waals surface area contributed by atoms with Crippen molar-refractivity contribution in [2.24, 2.45) is 11.8 Å². The molecule has 456 valence electrons. The smallest absolute Gasteiger partial charge is 0.333 e. The van der Waals surface area contributed by atoms with Gasteiger partial charge in [0.25, 0.3) is 0 Å². The van der Waals surface area contributed by atoms with Gasteiger partial charge in [0.2, 0.25) is 0 Å². The summed E-state index contributed by atoms with van der Waals surface area (Å²) in [6.07, 6.45) is -24.5. The molecule has 5 aliphatic heterocycles. The highest BCUT2D eigenvalue weighted by atomic mass is 16.8. The maximum atomic E-state index is 14.1. The number of esters is 4. The molecule has 0 aromatic carbocycles. The van der Waals surface area contributed by atoms with Gasteiger partial charge in [-0.05, 0) is 81.6 Å². The second-order valence-electron chi connectivity index (χ2n) is 22.1. The molecule has 8 N–H and O–H groups in total. The van der Waals surface area contributed by atoms with Crippen LogP contribution in [0.15, 0.2) is 11.6 Å². The number of rotatable bonds is 14. The number of allylic oxidation sites excluding steroid dienone is 1. The summed E-state index contributed by atoms with van der Waals surface area (Å²) < 4.78 is 74.2. The molecule has 24 nitrogen and oxygen atoms in total. The second-order valence-corrected chi connectivity index (χ2v) is 22.1. The Morgan fingerprint density at radius 2 is 1.16 bits per heavy atom. The lowest BCUT2D eigenvalue weighted by molar-refractivity contribution is -0.399. The summed E-state index contributed by atoms with van der Waals surface area (Å²) in [7, 11) is 0. The van der Waals surface area contributed by atoms with Crippen LogP contribution in [-0.4, -0.2) is 212 Å². The molecule has 25 atom stereocenters. The predicted molar refractivity (Wildman–Crippen MR) is 275 cm³/mol. The van der Waals surface area contributed by atoms with E-state index in [2.05, 4.69) is 0 Å². The van der Waals surface area contributed by atoms with E-state index < -0.39 is 177 Å². The number of aliphatic hydroxyl groups excluding tert-OH is 8. The molecule has 0 aromatic heterocycles. The zero-order valence-electron chi connectivity index (χ0n) is 47.5. The van der Waals surface area contributed by atoms with Crippen LogP contribution in [0.25, 0.3) is 0 Å². The highest BCUT2D eigenvalue weighted by molar-refractivity contribution is 5.87. The number of hydrogen-bond acceptors (Lipinski definition) is 24. The highest BCUT2D eigenvalue weighted by Crippen LogP contribution is 2.38. The molecular weight excluding hydrogens is 1040 g/mol. The predicted octanol–water partition coefficient (Wildman–Crippen LogP) is 2.04. The van der Waals surface area contributed by atoms with E-state index in [4.69, 9.17) is 56.8 Å². The first-order valence-corrected chi connectivity index (χ1v) is 28.5. The number of ether oxygens (including phenoxy) is 12. The van der Waals surface area contributed by atoms with Crippen molar-refractivity contribution < 1.29 is 117 Å². The Labute approximate surface area is 463 Å². The van der Waals surface area contributed by atoms with Gasteiger partial charge in [0.1, 0.15) is 67.6 Å². The zero-order chi connectivity index (χ0) is 58.4. The molecule has 2 bridgehead atoms. The van der Waals surface area contributed by atoms with Crippen LogP contribution in [0.5, 0.6) is 0 Å². The van der Waals surface area contributed by atoms with Crippen LogP contribution in [0.1, 0.15) is 153 Å². The Hall–Kier alpha value is -3.02. The van der Waals surface area contributed by atoms with E-state index in [1.54, 1.807) is 13.8 Å². The van der Waals surface area contributed by atoms with Crippen molar-refractivity contribution >= 4 is 23.9 Å². The zero-order valence-corrected chi connectivity index (χ0v) is 47.5. The Morgan fingerprint density at radius 3 is 1.78 bits per heavy atom. The third-order valence-electron chi connectivity index (χ3n) is 15.8. The summed E-state index contributed by atoms with van der Waals surface area (Å²) >= 11 is 0. The van der Waals surface area contributed by atoms with Crippen molar-refractivity contribution in [3.8, 4) is 0 Å². The molecule has 24 heteroatoms. The summed E-state index contributed by atoms with van der Waals surface area (Å²) in [5.74, 6) is -5.43. The van der Waals surface area contributed by atoms with Gasteiger partial charge in [-0.1, -0.05) is 70.8 Å². The Balaban J connectivity index is 1.59. The van der Waals surface area contributed by atoms with Crippen LogP contribution >= 0.6 is 0 Å². The van der Waals surface area contributed by atoms with Crippen molar-refractivity contribution in [2.75, 3.05) is 6.61 Å². The SMILES string of the molecule is C/C=C(\C)C(=O)O[C@@H]1[C@H]2O[C@H]3[C@H](O[C@H]4[C@H](O[C@H](CCCC)CCCCCCCCCCC(=O)O[C@@H]1[C@@H](O[C@@H]1O[C@@H](C)[C@@H](OC(=O)[C@@H](C)[C@H](C)O)[C@H](O)[C@H]1O)[C@@H](C)O2)O[C@H](C)[C@@H](O)[C@H]4O)O[C@@H](COC(=O)[C@@H](C)[C@H](C)O)[C@H](O)[C@@H]3O. The molecule has 0 amide bonds. The molecule has 0 aliphatic carbocycles. The van der Waals surface area contributed by atoms with E-state index in [1.165, 1.54) is 54.5 Å². The monoisotopic (exact) mass is 1140 g/mol. The largest absolute Gasteiger partial charge is 0.463 e. The third kappa shape index (κ3) is 18.0. The normalized spacial score (nSPS) is 40.5. The van der Waals surface area contributed by atoms with Crippen LogP contribution in [0.2, 0.25) is 0 Å². The van der Waals surface area contributed by atoms with Crippen LogP contribution in [-0.2, 0) is 76.0 Å². The standard InChI is InChI=1S/C55H92O24/c1-11-13-22-34-23-20-18-16-14-15-17-19-21-24-36(58)74-47-44(77-52-42(64)41(63)43(32(9)70-52)75-51(67)28(5)30(7)57)33(10)71-55(48(47)76-49(65)26(3)12-2)79-46-40(62)38(60)35(25-68-50(66)27(4)29(6)56)73-54(46)78-45-39(61)37(59)31(8)69-53(45)72-34/h12,27-35,37-48,52-57,59-64H,11,13-25H2,1-10H3/b26-12+/t27-,28-,29-,30-,31+,32-,33+,34+,35-,37+,38-,39+,40-,41+,42+,43+,44-,45+,46+,47+,48-,52-,53-,54-,55+/m0/s1. The van der Waals surface area contributed by atoms with Crippen molar-refractivity contribution in [3.63, 3.8) is 0 Å². The van der Waals surface area contributed by atoms with Crippen LogP contribution < -0.4 is 0 Å². The molecule has 79 heavy (non-hydrogen) atoms. The van der Waals surface area contributed by atoms with Gasteiger partial charge in [0, 0.05) is 12.0 Å². The van der Waals surface area contributed by atoms with Gasteiger partial charge in [-0.2, -0.15) is 0 Å². The molecule has 0 unspecified atom stereocenters. The van der Waals surface area contributed by atoms with Gasteiger partial charge in [-0.15, -0.1) is 0 Å². The molecule has 5 heterocycles. The Kier molecular flexibility index (Phi) is 26.7. The fraction of sp³-hybridized carbons (Fsp3) is 0.891. The summed E-state index contributed by atoms with van der Waals surface area (Å²) in [5.41, 5.74) is 0.0830. The maximum absolute atomic E-state index is 14.1. The lowest BCUT2D eigenvalue weighted by atomic mass is 9.95. The van der Waals surface area contributed by atoms with E-state index in [0.29, 0.717) is 25.7 Å². The van der Waals surface area contributed by atoms with Crippen molar-refractivity contribution in [3.05, 3.63) is 11.6 Å². The average molecular weight is 1140 g/mol. The van der Waals surface area contributed by atoms with Crippen molar-refractivity contribution in [1.29, 1.82) is 0 Å². The number of fused-ring (bicyclic) bond motifs is 4. The fourth-order valence-electron chi connectivity index (χ4n) is 9.91. The first-order valence-electron chi connectivity index (χ1n) is 28.5. The van der Waals surface area contributed by atoms with Crippen LogP contribution in [0.3, 0.4) is 0 Å². The molecule has 5 fully saturated rings. The number of unbranched alkanes of at least 4 members (excludes halogenated alkanes) is 1. The second kappa shape index (κ2) is 31.6. The minimum Gasteiger partial charge on any atom is -0.463 e.